The molecule has 0 aliphatic carbocycles. The molecule has 3 rings (SSSR count). The zero-order valence-electron chi connectivity index (χ0n) is 11.3. The molecule has 5 nitrogen and oxygen atoms in total. The number of para-hydroxylation sites is 1. The van der Waals surface area contributed by atoms with Gasteiger partial charge in [0.25, 0.3) is 5.91 Å². The quantitative estimate of drug-likeness (QED) is 0.704. The minimum Gasteiger partial charge on any atom is -0.345 e. The molecule has 0 bridgehead atoms. The van der Waals surface area contributed by atoms with E-state index in [0.717, 1.165) is 5.69 Å². The fraction of sp³-hybridized carbons (Fsp3) is 0. The second-order valence-corrected chi connectivity index (χ2v) is 5.56. The first-order chi connectivity index (χ1) is 10.7. The van der Waals surface area contributed by atoms with E-state index in [-0.39, 0.29) is 5.91 Å². The third-order valence-electron chi connectivity index (χ3n) is 2.77. The Balaban J connectivity index is 1.78. The number of anilines is 3. The monoisotopic (exact) mass is 330 g/mol. The van der Waals surface area contributed by atoms with Crippen molar-refractivity contribution >= 4 is 45.4 Å². The van der Waals surface area contributed by atoms with Gasteiger partial charge >= 0.3 is 0 Å². The molecule has 0 atom stereocenters. The van der Waals surface area contributed by atoms with E-state index >= 15 is 0 Å². The van der Waals surface area contributed by atoms with E-state index in [1.807, 2.05) is 30.3 Å². The first-order valence-corrected chi connectivity index (χ1v) is 7.67. The Bertz CT molecular complexity index is 791. The summed E-state index contributed by atoms with van der Waals surface area (Å²) < 4.78 is 0. The van der Waals surface area contributed by atoms with Crippen LogP contribution in [0.4, 0.5) is 16.5 Å². The Morgan fingerprint density at radius 1 is 1.09 bits per heavy atom. The average Bonchev–Trinajstić information content (AvgIpc) is 2.96. The zero-order valence-corrected chi connectivity index (χ0v) is 12.9. The number of amides is 1. The van der Waals surface area contributed by atoms with Crippen LogP contribution in [0.1, 0.15) is 10.5 Å². The molecular weight excluding hydrogens is 320 g/mol. The third kappa shape index (κ3) is 3.41. The predicted molar refractivity (Wildman–Crippen MR) is 89.0 cm³/mol. The summed E-state index contributed by atoms with van der Waals surface area (Å²) in [7, 11) is 0. The Morgan fingerprint density at radius 3 is 2.68 bits per heavy atom. The van der Waals surface area contributed by atoms with E-state index in [1.165, 1.54) is 11.3 Å². The normalized spacial score (nSPS) is 10.2. The summed E-state index contributed by atoms with van der Waals surface area (Å²) in [4.78, 5) is 20.4. The fourth-order valence-electron chi connectivity index (χ4n) is 1.80. The maximum Gasteiger partial charge on any atom is 0.278 e. The van der Waals surface area contributed by atoms with Crippen LogP contribution in [0.3, 0.4) is 0 Å². The molecule has 0 aliphatic heterocycles. The second kappa shape index (κ2) is 6.55. The van der Waals surface area contributed by atoms with E-state index in [1.54, 1.807) is 23.7 Å². The SMILES string of the molecule is O=C(Nc1cccc(Cl)n1)c1ncsc1Nc1ccccc1. The topological polar surface area (TPSA) is 66.9 Å². The van der Waals surface area contributed by atoms with Crippen molar-refractivity contribution in [2.75, 3.05) is 10.6 Å². The maximum absolute atomic E-state index is 12.3. The molecule has 0 radical (unpaired) electrons. The van der Waals surface area contributed by atoms with Gasteiger partial charge in [0.2, 0.25) is 0 Å². The van der Waals surface area contributed by atoms with Crippen LogP contribution < -0.4 is 10.6 Å². The second-order valence-electron chi connectivity index (χ2n) is 4.32. The molecule has 0 saturated carbocycles. The molecule has 0 unspecified atom stereocenters. The Kier molecular flexibility index (Phi) is 4.32. The number of halogens is 1. The van der Waals surface area contributed by atoms with Crippen molar-refractivity contribution in [3.05, 3.63) is 64.9 Å². The number of nitrogens with zero attached hydrogens (tertiary/aromatic N) is 2. The molecule has 110 valence electrons. The highest BCUT2D eigenvalue weighted by Gasteiger charge is 2.16. The van der Waals surface area contributed by atoms with Gasteiger partial charge in [-0.2, -0.15) is 0 Å². The highest BCUT2D eigenvalue weighted by atomic mass is 35.5. The summed E-state index contributed by atoms with van der Waals surface area (Å²) in [5.74, 6) is 0.0469. The number of carbonyl (C=O) groups is 1. The highest BCUT2D eigenvalue weighted by molar-refractivity contribution is 7.14. The number of hydrogen-bond acceptors (Lipinski definition) is 5. The van der Waals surface area contributed by atoms with Crippen LogP contribution in [-0.4, -0.2) is 15.9 Å². The summed E-state index contributed by atoms with van der Waals surface area (Å²) in [5.41, 5.74) is 2.82. The lowest BCUT2D eigenvalue weighted by Crippen LogP contribution is -2.14. The standard InChI is InChI=1S/C15H11ClN4OS/c16-11-7-4-8-12(19-11)20-14(21)13-15(22-9-17-13)18-10-5-2-1-3-6-10/h1-9,18H,(H,19,20,21). The van der Waals surface area contributed by atoms with Gasteiger partial charge in [-0.1, -0.05) is 35.9 Å². The van der Waals surface area contributed by atoms with Gasteiger partial charge in [0, 0.05) is 5.69 Å². The lowest BCUT2D eigenvalue weighted by atomic mass is 10.3. The van der Waals surface area contributed by atoms with E-state index in [2.05, 4.69) is 20.6 Å². The lowest BCUT2D eigenvalue weighted by molar-refractivity contribution is 0.102. The summed E-state index contributed by atoms with van der Waals surface area (Å²) in [6, 6.07) is 14.6. The van der Waals surface area contributed by atoms with Crippen LogP contribution in [0.5, 0.6) is 0 Å². The van der Waals surface area contributed by atoms with Crippen molar-refractivity contribution in [3.8, 4) is 0 Å². The molecule has 0 spiro atoms. The van der Waals surface area contributed by atoms with Crippen LogP contribution in [-0.2, 0) is 0 Å². The lowest BCUT2D eigenvalue weighted by Gasteiger charge is -2.07. The van der Waals surface area contributed by atoms with Gasteiger partial charge in [-0.25, -0.2) is 9.97 Å². The van der Waals surface area contributed by atoms with Crippen LogP contribution in [0.15, 0.2) is 54.0 Å². The van der Waals surface area contributed by atoms with E-state index in [9.17, 15) is 4.79 Å². The van der Waals surface area contributed by atoms with Crippen molar-refractivity contribution < 1.29 is 4.79 Å². The number of benzene rings is 1. The van der Waals surface area contributed by atoms with Gasteiger partial charge in [0.15, 0.2) is 5.69 Å². The van der Waals surface area contributed by atoms with Gasteiger partial charge in [-0.05, 0) is 24.3 Å². The maximum atomic E-state index is 12.3. The number of rotatable bonds is 4. The summed E-state index contributed by atoms with van der Waals surface area (Å²) in [5, 5.41) is 6.85. The van der Waals surface area contributed by atoms with Gasteiger partial charge in [-0.3, -0.25) is 4.79 Å². The van der Waals surface area contributed by atoms with Crippen LogP contribution in [0, 0.1) is 0 Å². The average molecular weight is 331 g/mol. The number of nitrogens with one attached hydrogen (secondary N) is 2. The summed E-state index contributed by atoms with van der Waals surface area (Å²) >= 11 is 7.16. The molecule has 0 saturated heterocycles. The summed E-state index contributed by atoms with van der Waals surface area (Å²) in [6.45, 7) is 0. The molecule has 22 heavy (non-hydrogen) atoms. The molecule has 2 aromatic heterocycles. The number of hydrogen-bond donors (Lipinski definition) is 2. The summed E-state index contributed by atoms with van der Waals surface area (Å²) in [6.07, 6.45) is 0. The van der Waals surface area contributed by atoms with Gasteiger partial charge in [0.1, 0.15) is 16.0 Å². The van der Waals surface area contributed by atoms with Crippen LogP contribution >= 0.6 is 22.9 Å². The molecule has 7 heteroatoms. The predicted octanol–water partition coefficient (Wildman–Crippen LogP) is 4.19. The fourth-order valence-corrected chi connectivity index (χ4v) is 2.66. The zero-order chi connectivity index (χ0) is 15.4. The van der Waals surface area contributed by atoms with E-state index < -0.39 is 0 Å². The number of thiazole rings is 1. The highest BCUT2D eigenvalue weighted by Crippen LogP contribution is 2.25. The van der Waals surface area contributed by atoms with E-state index in [4.69, 9.17) is 11.6 Å². The van der Waals surface area contributed by atoms with Gasteiger partial charge < -0.3 is 10.6 Å². The third-order valence-corrected chi connectivity index (χ3v) is 3.72. The van der Waals surface area contributed by atoms with Crippen molar-refractivity contribution in [2.45, 2.75) is 0 Å². The van der Waals surface area contributed by atoms with Crippen LogP contribution in [0.25, 0.3) is 0 Å². The first kappa shape index (κ1) is 14.5. The number of carbonyl (C=O) groups excluding carboxylic acids is 1. The van der Waals surface area contributed by atoms with Crippen molar-refractivity contribution in [3.63, 3.8) is 0 Å². The Hall–Kier alpha value is -2.44. The van der Waals surface area contributed by atoms with E-state index in [0.29, 0.717) is 21.7 Å². The Morgan fingerprint density at radius 2 is 1.91 bits per heavy atom. The molecule has 2 N–H and O–H groups in total. The van der Waals surface area contributed by atoms with Gasteiger partial charge in [-0.15, -0.1) is 11.3 Å². The molecule has 2 heterocycles. The molecule has 0 aliphatic rings. The molecule has 3 aromatic rings. The smallest absolute Gasteiger partial charge is 0.278 e. The van der Waals surface area contributed by atoms with Crippen molar-refractivity contribution in [1.29, 1.82) is 0 Å². The van der Waals surface area contributed by atoms with Crippen molar-refractivity contribution in [1.82, 2.24) is 9.97 Å². The number of pyridine rings is 1. The molecule has 1 aromatic carbocycles. The molecular formula is C15H11ClN4OS. The van der Waals surface area contributed by atoms with Gasteiger partial charge in [0.05, 0.1) is 5.51 Å². The minimum absolute atomic E-state index is 0.315. The molecule has 0 fully saturated rings. The first-order valence-electron chi connectivity index (χ1n) is 6.42. The van der Waals surface area contributed by atoms with Crippen molar-refractivity contribution in [2.24, 2.45) is 0 Å². The number of aromatic nitrogens is 2. The Labute approximate surface area is 136 Å². The molecule has 1 amide bonds. The largest absolute Gasteiger partial charge is 0.345 e. The minimum atomic E-state index is -0.338. The van der Waals surface area contributed by atoms with Crippen LogP contribution in [0.2, 0.25) is 5.15 Å².